The number of fused-ring (bicyclic) bond motifs is 2. The highest BCUT2D eigenvalue weighted by Crippen LogP contribution is 2.37. The van der Waals surface area contributed by atoms with Crippen molar-refractivity contribution in [1.82, 2.24) is 0 Å². The summed E-state index contributed by atoms with van der Waals surface area (Å²) in [6.45, 7) is 7.67. The molecule has 2 heterocycles. The zero-order valence-corrected chi connectivity index (χ0v) is 34.7. The first-order valence-corrected chi connectivity index (χ1v) is 23.3. The molecule has 58 heavy (non-hydrogen) atoms. The van der Waals surface area contributed by atoms with Gasteiger partial charge < -0.3 is 21.6 Å². The van der Waals surface area contributed by atoms with Crippen molar-refractivity contribution >= 4 is 51.2 Å². The molecule has 0 aliphatic heterocycles. The molecule has 2 aromatic heterocycles. The van der Waals surface area contributed by atoms with Crippen molar-refractivity contribution in [2.45, 2.75) is 62.4 Å². The summed E-state index contributed by atoms with van der Waals surface area (Å²) in [7, 11) is -10.5. The van der Waals surface area contributed by atoms with E-state index in [1.165, 1.54) is 59.7 Å². The van der Waals surface area contributed by atoms with Gasteiger partial charge >= 0.3 is 31.5 Å². The lowest BCUT2D eigenvalue weighted by Gasteiger charge is -2.17. The second-order valence-corrected chi connectivity index (χ2v) is 19.3. The number of hydrogen-bond acceptors (Lipinski definition) is 11. The fraction of sp³-hybridized carbons (Fsp3) is 0.182. The zero-order valence-electron chi connectivity index (χ0n) is 32.1. The van der Waals surface area contributed by atoms with Gasteiger partial charge in [0.15, 0.2) is 11.5 Å². The molecule has 0 unspecified atom stereocenters. The Bertz CT molecular complexity index is 2980. The van der Waals surface area contributed by atoms with E-state index in [-0.39, 0.29) is 37.3 Å². The van der Waals surface area contributed by atoms with Crippen LogP contribution in [0.2, 0.25) is 12.6 Å². The van der Waals surface area contributed by atoms with Crippen molar-refractivity contribution in [3.05, 3.63) is 169 Å². The topological polar surface area (TPSA) is 156 Å². The van der Waals surface area contributed by atoms with Gasteiger partial charge in [-0.05, 0) is 100 Å². The maximum absolute atomic E-state index is 14.0. The summed E-state index contributed by atoms with van der Waals surface area (Å²) in [6, 6.07) is 31.9. The van der Waals surface area contributed by atoms with Crippen molar-refractivity contribution in [3.63, 3.8) is 0 Å². The largest absolute Gasteiger partial charge is 0.542 e. The van der Waals surface area contributed by atoms with Gasteiger partial charge in [-0.15, -0.1) is 0 Å². The zero-order chi connectivity index (χ0) is 41.2. The molecule has 7 rings (SSSR count). The fourth-order valence-electron chi connectivity index (χ4n) is 6.36. The van der Waals surface area contributed by atoms with Crippen LogP contribution in [0.1, 0.15) is 39.8 Å². The molecule has 0 amide bonds. The molecule has 11 nitrogen and oxygen atoms in total. The summed E-state index contributed by atoms with van der Waals surface area (Å²) in [4.78, 5) is 27.4. The molecule has 0 aliphatic rings. The Morgan fingerprint density at radius 1 is 0.586 bits per heavy atom. The average Bonchev–Trinajstić information content (AvgIpc) is 3.18. The molecule has 1 radical (unpaired) electrons. The van der Waals surface area contributed by atoms with Crippen LogP contribution < -0.4 is 24.0 Å². The summed E-state index contributed by atoms with van der Waals surface area (Å²) < 4.78 is 84.0. The maximum atomic E-state index is 14.0. The van der Waals surface area contributed by atoms with Crippen LogP contribution in [0.4, 0.5) is 0 Å². The van der Waals surface area contributed by atoms with E-state index in [1.54, 1.807) is 56.3 Å². The van der Waals surface area contributed by atoms with Gasteiger partial charge in [-0.2, -0.15) is 16.8 Å². The molecule has 0 bridgehead atoms. The second kappa shape index (κ2) is 16.5. The fourth-order valence-corrected chi connectivity index (χ4v) is 9.62. The smallest absolute Gasteiger partial charge is 0.343 e. The Hall–Kier alpha value is -5.96. The van der Waals surface area contributed by atoms with Gasteiger partial charge in [0.25, 0.3) is 9.04 Å². The normalized spacial score (nSPS) is 11.9. The van der Waals surface area contributed by atoms with E-state index in [4.69, 9.17) is 21.6 Å². The molecule has 0 saturated carbocycles. The van der Waals surface area contributed by atoms with E-state index in [0.717, 1.165) is 30.0 Å². The quantitative estimate of drug-likeness (QED) is 0.0587. The number of benzene rings is 5. The lowest BCUT2D eigenvalue weighted by Crippen LogP contribution is -2.21. The van der Waals surface area contributed by atoms with E-state index in [0.29, 0.717) is 5.75 Å². The van der Waals surface area contributed by atoms with Crippen LogP contribution in [0.25, 0.3) is 21.9 Å². The van der Waals surface area contributed by atoms with Gasteiger partial charge in [0.1, 0.15) is 26.7 Å². The maximum Gasteiger partial charge on any atom is 0.343 e. The summed E-state index contributed by atoms with van der Waals surface area (Å²) >= 11 is 0. The van der Waals surface area contributed by atoms with Gasteiger partial charge in [0.05, 0.1) is 21.9 Å². The molecule has 5 aromatic carbocycles. The van der Waals surface area contributed by atoms with Crippen LogP contribution in [-0.4, -0.2) is 25.9 Å². The predicted octanol–water partition coefficient (Wildman–Crippen LogP) is 8.58. The summed E-state index contributed by atoms with van der Waals surface area (Å²) in [5, 5.41) is 0.201. The number of para-hydroxylation sites is 1. The highest BCUT2D eigenvalue weighted by atomic mass is 32.2. The van der Waals surface area contributed by atoms with Crippen molar-refractivity contribution in [2.24, 2.45) is 0 Å². The molecular formula is C44H39O11S2Si. The lowest BCUT2D eigenvalue weighted by molar-refractivity contribution is 0.471. The third-order valence-electron chi connectivity index (χ3n) is 9.54. The molecule has 297 valence electrons. The van der Waals surface area contributed by atoms with E-state index >= 15 is 0 Å². The molecule has 0 atom stereocenters. The number of hydrogen-bond donors (Lipinski definition) is 0. The number of rotatable bonds is 14. The Labute approximate surface area is 337 Å². The molecular weight excluding hydrogens is 797 g/mol. The average molecular weight is 836 g/mol. The van der Waals surface area contributed by atoms with E-state index < -0.39 is 64.0 Å². The van der Waals surface area contributed by atoms with Crippen molar-refractivity contribution in [3.8, 4) is 17.2 Å². The van der Waals surface area contributed by atoms with Crippen LogP contribution in [0.15, 0.2) is 143 Å². The van der Waals surface area contributed by atoms with Crippen LogP contribution in [0.3, 0.4) is 0 Å². The Morgan fingerprint density at radius 3 is 1.62 bits per heavy atom. The molecule has 14 heteroatoms. The molecule has 0 aliphatic carbocycles. The highest BCUT2D eigenvalue weighted by Gasteiger charge is 2.29. The third-order valence-corrected chi connectivity index (χ3v) is 13.7. The van der Waals surface area contributed by atoms with Gasteiger partial charge in [-0.1, -0.05) is 77.4 Å². The molecule has 0 N–H and O–H groups in total. The first-order chi connectivity index (χ1) is 27.7. The minimum Gasteiger partial charge on any atom is -0.542 e. The summed E-state index contributed by atoms with van der Waals surface area (Å²) in [5.74, 6) is -0.406. The molecule has 0 fully saturated rings. The molecule has 0 spiro atoms. The first kappa shape index (κ1) is 40.2. The van der Waals surface area contributed by atoms with Crippen LogP contribution in [0, 0.1) is 20.8 Å². The Morgan fingerprint density at radius 2 is 1.07 bits per heavy atom. The Balaban J connectivity index is 1.30. The van der Waals surface area contributed by atoms with Crippen molar-refractivity contribution in [1.29, 1.82) is 0 Å². The summed E-state index contributed by atoms with van der Waals surface area (Å²) in [6.07, 6.45) is 1.12. The van der Waals surface area contributed by atoms with Gasteiger partial charge in [-0.3, -0.25) is 0 Å². The van der Waals surface area contributed by atoms with Gasteiger partial charge in [0.2, 0.25) is 0 Å². The van der Waals surface area contributed by atoms with Crippen molar-refractivity contribution < 1.29 is 38.5 Å². The van der Waals surface area contributed by atoms with Crippen LogP contribution >= 0.6 is 0 Å². The third kappa shape index (κ3) is 8.94. The molecule has 0 saturated heterocycles. The van der Waals surface area contributed by atoms with Gasteiger partial charge in [0, 0.05) is 12.5 Å². The second-order valence-electron chi connectivity index (χ2n) is 14.1. The first-order valence-electron chi connectivity index (χ1n) is 18.4. The standard InChI is InChI=1S/C44H39O11S2Si/c1-28-11-17-31(18-12-28)8-7-25-58(4)55-32-19-24-36-40(26-32)52-44(46)38(42(36)54-57(49,50)34-22-15-30(3)16-23-34)27-37-41(35-9-5-6-10-39(35)51-43(37)45)53-56(47,48)33-20-13-29(2)14-21-33/h5-6,9-24,26H,7-8,25,27H2,1-4H3. The highest BCUT2D eigenvalue weighted by molar-refractivity contribution is 7.87. The van der Waals surface area contributed by atoms with Gasteiger partial charge in [-0.25, -0.2) is 9.59 Å². The van der Waals surface area contributed by atoms with E-state index in [1.807, 2.05) is 13.5 Å². The van der Waals surface area contributed by atoms with Crippen LogP contribution in [0.5, 0.6) is 17.2 Å². The summed E-state index contributed by atoms with van der Waals surface area (Å²) in [5.41, 5.74) is 1.20. The Kier molecular flexibility index (Phi) is 11.4. The minimum absolute atomic E-state index is 0.0221. The number of aryl methyl sites for hydroxylation is 4. The predicted molar refractivity (Wildman–Crippen MR) is 222 cm³/mol. The van der Waals surface area contributed by atoms with E-state index in [2.05, 4.69) is 24.3 Å². The SMILES string of the molecule is Cc1ccc(CCC[Si](C)Oc2ccc3c(OS(=O)(=O)c4ccc(C)cc4)c(Cc4c(OS(=O)(=O)c5ccc(C)cc5)c5ccccc5oc4=O)c(=O)oc3c2)cc1. The van der Waals surface area contributed by atoms with E-state index in [9.17, 15) is 26.4 Å². The monoisotopic (exact) mass is 835 g/mol. The minimum atomic E-state index is -4.58. The van der Waals surface area contributed by atoms with Crippen LogP contribution in [-0.2, 0) is 33.1 Å². The lowest BCUT2D eigenvalue weighted by atomic mass is 10.0. The molecule has 7 aromatic rings. The van der Waals surface area contributed by atoms with Crippen molar-refractivity contribution in [2.75, 3.05) is 0 Å².